The van der Waals surface area contributed by atoms with E-state index < -0.39 is 0 Å². The van der Waals surface area contributed by atoms with Crippen molar-refractivity contribution in [2.45, 2.75) is 18.8 Å². The Morgan fingerprint density at radius 3 is 2.52 bits per heavy atom. The lowest BCUT2D eigenvalue weighted by atomic mass is 9.96. The molecule has 5 rings (SSSR count). The van der Waals surface area contributed by atoms with Crippen molar-refractivity contribution in [3.05, 3.63) is 73.0 Å². The zero-order chi connectivity index (χ0) is 19.6. The molecule has 1 amide bonds. The van der Waals surface area contributed by atoms with Crippen LogP contribution in [-0.2, 0) is 0 Å². The first-order valence-corrected chi connectivity index (χ1v) is 9.60. The van der Waals surface area contributed by atoms with Crippen LogP contribution >= 0.6 is 0 Å². The van der Waals surface area contributed by atoms with Gasteiger partial charge in [-0.05, 0) is 42.7 Å². The molecule has 29 heavy (non-hydrogen) atoms. The minimum Gasteiger partial charge on any atom is -0.337 e. The first kappa shape index (κ1) is 17.4. The molecule has 144 valence electrons. The van der Waals surface area contributed by atoms with E-state index in [1.54, 1.807) is 24.8 Å². The predicted molar refractivity (Wildman–Crippen MR) is 106 cm³/mol. The fraction of sp³-hybridized carbons (Fsp3) is 0.238. The Hall–Kier alpha value is -3.68. The fourth-order valence-corrected chi connectivity index (χ4v) is 3.70. The fourth-order valence-electron chi connectivity index (χ4n) is 3.70. The summed E-state index contributed by atoms with van der Waals surface area (Å²) >= 11 is 0. The SMILES string of the molecule is O=C(c1cnccn1)N1CCC(c2nc3ccc(-c4ccncc4)cn3n2)CC1. The Labute approximate surface area is 167 Å². The Kier molecular flexibility index (Phi) is 4.44. The predicted octanol–water partition coefficient (Wildman–Crippen LogP) is 2.60. The number of rotatable bonds is 3. The molecule has 0 aromatic carbocycles. The zero-order valence-corrected chi connectivity index (χ0v) is 15.7. The number of pyridine rings is 2. The summed E-state index contributed by atoms with van der Waals surface area (Å²) in [6.07, 6.45) is 11.8. The Balaban J connectivity index is 1.31. The van der Waals surface area contributed by atoms with Crippen molar-refractivity contribution < 1.29 is 4.79 Å². The lowest BCUT2D eigenvalue weighted by Gasteiger charge is -2.30. The molecule has 1 saturated heterocycles. The summed E-state index contributed by atoms with van der Waals surface area (Å²) < 4.78 is 1.84. The van der Waals surface area contributed by atoms with E-state index in [2.05, 4.69) is 15.0 Å². The zero-order valence-electron chi connectivity index (χ0n) is 15.7. The van der Waals surface area contributed by atoms with Gasteiger partial charge < -0.3 is 4.90 Å². The van der Waals surface area contributed by atoms with Crippen LogP contribution in [0.3, 0.4) is 0 Å². The van der Waals surface area contributed by atoms with Crippen LogP contribution in [0.1, 0.15) is 35.1 Å². The molecule has 0 spiro atoms. The third kappa shape index (κ3) is 3.44. The van der Waals surface area contributed by atoms with Gasteiger partial charge in [0.25, 0.3) is 5.91 Å². The highest BCUT2D eigenvalue weighted by atomic mass is 16.2. The largest absolute Gasteiger partial charge is 0.337 e. The van der Waals surface area contributed by atoms with Crippen molar-refractivity contribution in [3.8, 4) is 11.1 Å². The molecule has 4 aromatic rings. The molecule has 0 radical (unpaired) electrons. The smallest absolute Gasteiger partial charge is 0.274 e. The van der Waals surface area contributed by atoms with Crippen LogP contribution in [0.2, 0.25) is 0 Å². The third-order valence-electron chi connectivity index (χ3n) is 5.29. The molecule has 1 fully saturated rings. The standard InChI is InChI=1S/C21H19N7O/c29-21(18-13-23-9-10-24-18)27-11-5-16(6-12-27)20-25-19-2-1-17(14-28(19)26-20)15-3-7-22-8-4-15/h1-4,7-10,13-14,16H,5-6,11-12H2. The van der Waals surface area contributed by atoms with Crippen molar-refractivity contribution in [2.75, 3.05) is 13.1 Å². The number of likely N-dealkylation sites (tertiary alicyclic amines) is 1. The third-order valence-corrected chi connectivity index (χ3v) is 5.29. The van der Waals surface area contributed by atoms with Gasteiger partial charge in [-0.25, -0.2) is 14.5 Å². The van der Waals surface area contributed by atoms with Gasteiger partial charge in [0.15, 0.2) is 11.5 Å². The molecule has 0 bridgehead atoms. The van der Waals surface area contributed by atoms with E-state index >= 15 is 0 Å². The summed E-state index contributed by atoms with van der Waals surface area (Å²) in [6, 6.07) is 7.98. The molecule has 4 aromatic heterocycles. The molecule has 0 saturated carbocycles. The number of aromatic nitrogens is 6. The molecule has 1 aliphatic heterocycles. The van der Waals surface area contributed by atoms with Crippen LogP contribution < -0.4 is 0 Å². The topological polar surface area (TPSA) is 89.2 Å². The highest BCUT2D eigenvalue weighted by molar-refractivity contribution is 5.92. The van der Waals surface area contributed by atoms with E-state index in [9.17, 15) is 4.79 Å². The van der Waals surface area contributed by atoms with Crippen LogP contribution in [0, 0.1) is 0 Å². The van der Waals surface area contributed by atoms with E-state index in [0.29, 0.717) is 18.8 Å². The minimum atomic E-state index is -0.0681. The van der Waals surface area contributed by atoms with Crippen molar-refractivity contribution in [1.82, 2.24) is 34.4 Å². The van der Waals surface area contributed by atoms with E-state index in [0.717, 1.165) is 35.4 Å². The molecular formula is C21H19N7O. The van der Waals surface area contributed by atoms with E-state index in [1.807, 2.05) is 39.9 Å². The Morgan fingerprint density at radius 2 is 1.76 bits per heavy atom. The van der Waals surface area contributed by atoms with E-state index in [-0.39, 0.29) is 11.8 Å². The van der Waals surface area contributed by atoms with E-state index in [1.165, 1.54) is 6.20 Å². The molecule has 0 N–H and O–H groups in total. The van der Waals surface area contributed by atoms with Crippen molar-refractivity contribution in [2.24, 2.45) is 0 Å². The average molecular weight is 385 g/mol. The number of nitrogens with zero attached hydrogens (tertiary/aromatic N) is 7. The van der Waals surface area contributed by atoms with Gasteiger partial charge in [-0.1, -0.05) is 0 Å². The number of fused-ring (bicyclic) bond motifs is 1. The first-order valence-electron chi connectivity index (χ1n) is 9.60. The Morgan fingerprint density at radius 1 is 0.931 bits per heavy atom. The van der Waals surface area contributed by atoms with Gasteiger partial charge in [-0.2, -0.15) is 5.10 Å². The minimum absolute atomic E-state index is 0.0681. The van der Waals surface area contributed by atoms with Crippen LogP contribution in [0.25, 0.3) is 16.8 Å². The van der Waals surface area contributed by atoms with Crippen molar-refractivity contribution in [3.63, 3.8) is 0 Å². The summed E-state index contributed by atoms with van der Waals surface area (Å²) in [4.78, 5) is 31.2. The number of amides is 1. The summed E-state index contributed by atoms with van der Waals surface area (Å²) in [5.74, 6) is 1.01. The number of carbonyl (C=O) groups is 1. The molecule has 8 nitrogen and oxygen atoms in total. The van der Waals surface area contributed by atoms with Crippen molar-refractivity contribution >= 4 is 11.6 Å². The summed E-state index contributed by atoms with van der Waals surface area (Å²) in [5.41, 5.74) is 3.38. The highest BCUT2D eigenvalue weighted by Crippen LogP contribution is 2.27. The maximum atomic E-state index is 12.5. The monoisotopic (exact) mass is 385 g/mol. The number of piperidine rings is 1. The maximum absolute atomic E-state index is 12.5. The van der Waals surface area contributed by atoms with Gasteiger partial charge in [0, 0.05) is 55.6 Å². The molecule has 0 atom stereocenters. The second-order valence-electron chi connectivity index (χ2n) is 7.08. The van der Waals surface area contributed by atoms with Crippen LogP contribution in [0.5, 0.6) is 0 Å². The molecule has 5 heterocycles. The van der Waals surface area contributed by atoms with Crippen LogP contribution in [0.4, 0.5) is 0 Å². The van der Waals surface area contributed by atoms with Gasteiger partial charge in [0.05, 0.1) is 6.20 Å². The second-order valence-corrected chi connectivity index (χ2v) is 7.08. The summed E-state index contributed by atoms with van der Waals surface area (Å²) in [7, 11) is 0. The second kappa shape index (κ2) is 7.38. The molecule has 8 heteroatoms. The summed E-state index contributed by atoms with van der Waals surface area (Å²) in [6.45, 7) is 1.33. The van der Waals surface area contributed by atoms with Gasteiger partial charge in [0.2, 0.25) is 0 Å². The van der Waals surface area contributed by atoms with Crippen molar-refractivity contribution in [1.29, 1.82) is 0 Å². The Bertz CT molecular complexity index is 1140. The lowest BCUT2D eigenvalue weighted by Crippen LogP contribution is -2.38. The van der Waals surface area contributed by atoms with Crippen LogP contribution in [0.15, 0.2) is 61.4 Å². The average Bonchev–Trinajstić information content (AvgIpc) is 3.23. The summed E-state index contributed by atoms with van der Waals surface area (Å²) in [5, 5.41) is 4.71. The van der Waals surface area contributed by atoms with E-state index in [4.69, 9.17) is 10.1 Å². The van der Waals surface area contributed by atoms with Crippen LogP contribution in [-0.4, -0.2) is 53.4 Å². The lowest BCUT2D eigenvalue weighted by molar-refractivity contribution is 0.0704. The molecule has 0 aliphatic carbocycles. The number of hydrogen-bond donors (Lipinski definition) is 0. The normalized spacial score (nSPS) is 15.0. The van der Waals surface area contributed by atoms with Gasteiger partial charge in [-0.15, -0.1) is 0 Å². The highest BCUT2D eigenvalue weighted by Gasteiger charge is 2.27. The molecule has 1 aliphatic rings. The number of carbonyl (C=O) groups excluding carboxylic acids is 1. The van der Waals surface area contributed by atoms with Gasteiger partial charge >= 0.3 is 0 Å². The first-order chi connectivity index (χ1) is 14.3. The quantitative estimate of drug-likeness (QED) is 0.539. The molecular weight excluding hydrogens is 366 g/mol. The number of hydrogen-bond acceptors (Lipinski definition) is 6. The van der Waals surface area contributed by atoms with Gasteiger partial charge in [0.1, 0.15) is 5.69 Å². The maximum Gasteiger partial charge on any atom is 0.274 e. The van der Waals surface area contributed by atoms with Gasteiger partial charge in [-0.3, -0.25) is 14.8 Å². The molecule has 0 unspecified atom stereocenters.